The highest BCUT2D eigenvalue weighted by Crippen LogP contribution is 2.35. The zero-order valence-electron chi connectivity index (χ0n) is 21.3. The molecule has 3 aromatic rings. The highest BCUT2D eigenvalue weighted by Gasteiger charge is 2.42. The molecule has 0 saturated carbocycles. The molecule has 1 aromatic heterocycles. The summed E-state index contributed by atoms with van der Waals surface area (Å²) in [5, 5.41) is 4.88. The molecule has 0 aliphatic carbocycles. The molecule has 2 unspecified atom stereocenters. The summed E-state index contributed by atoms with van der Waals surface area (Å²) < 4.78 is 0. The number of para-hydroxylation sites is 2. The van der Waals surface area contributed by atoms with Crippen LogP contribution in [0.1, 0.15) is 5.69 Å². The quantitative estimate of drug-likeness (QED) is 0.463. The normalized spacial score (nSPS) is 21.3. The highest BCUT2D eigenvalue weighted by atomic mass is 32.2. The summed E-state index contributed by atoms with van der Waals surface area (Å²) in [6, 6.07) is 21.1. The minimum atomic E-state index is -0.423. The smallest absolute Gasteiger partial charge is 0.321 e. The molecule has 0 bridgehead atoms. The van der Waals surface area contributed by atoms with Gasteiger partial charge in [0.15, 0.2) is 0 Å². The maximum absolute atomic E-state index is 12.8. The molecule has 3 fully saturated rings. The molecule has 3 aliphatic rings. The van der Waals surface area contributed by atoms with Crippen LogP contribution < -0.4 is 20.4 Å². The summed E-state index contributed by atoms with van der Waals surface area (Å²) in [5.74, 6) is 1.43. The summed E-state index contributed by atoms with van der Waals surface area (Å²) in [7, 11) is 1.93. The second kappa shape index (κ2) is 10.4. The monoisotopic (exact) mass is 541 g/mol. The number of anilines is 4. The van der Waals surface area contributed by atoms with Crippen molar-refractivity contribution in [3.8, 4) is 0 Å². The third kappa shape index (κ3) is 5.30. The van der Waals surface area contributed by atoms with E-state index in [9.17, 15) is 14.4 Å². The molecular formula is C28H27N7O3S. The van der Waals surface area contributed by atoms with Gasteiger partial charge in [-0.3, -0.25) is 14.9 Å². The van der Waals surface area contributed by atoms with Crippen molar-refractivity contribution in [3.63, 3.8) is 0 Å². The minimum Gasteiger partial charge on any atom is -0.340 e. The molecule has 10 nitrogen and oxygen atoms in total. The number of benzene rings is 2. The number of aromatic nitrogens is 2. The van der Waals surface area contributed by atoms with Crippen LogP contribution in [0, 0.1) is 11.8 Å². The van der Waals surface area contributed by atoms with Crippen LogP contribution in [-0.2, 0) is 4.79 Å². The van der Waals surface area contributed by atoms with Gasteiger partial charge in [0, 0.05) is 62.5 Å². The molecule has 2 atom stereocenters. The van der Waals surface area contributed by atoms with Gasteiger partial charge in [-0.2, -0.15) is 4.98 Å². The van der Waals surface area contributed by atoms with Gasteiger partial charge in [0.05, 0.1) is 10.6 Å². The van der Waals surface area contributed by atoms with Gasteiger partial charge in [0.1, 0.15) is 5.82 Å². The lowest BCUT2D eigenvalue weighted by Gasteiger charge is -2.24. The average Bonchev–Trinajstić information content (AvgIpc) is 3.62. The molecule has 0 spiro atoms. The fourth-order valence-corrected chi connectivity index (χ4v) is 5.88. The van der Waals surface area contributed by atoms with Crippen molar-refractivity contribution in [2.24, 2.45) is 11.8 Å². The maximum Gasteiger partial charge on any atom is 0.321 e. The molecule has 2 aromatic carbocycles. The van der Waals surface area contributed by atoms with Crippen molar-refractivity contribution < 1.29 is 14.4 Å². The predicted molar refractivity (Wildman–Crippen MR) is 152 cm³/mol. The van der Waals surface area contributed by atoms with Crippen molar-refractivity contribution >= 4 is 58.2 Å². The van der Waals surface area contributed by atoms with Crippen LogP contribution >= 0.6 is 11.8 Å². The second-order valence-corrected chi connectivity index (χ2v) is 10.8. The van der Waals surface area contributed by atoms with Gasteiger partial charge >= 0.3 is 6.03 Å². The third-order valence-corrected chi connectivity index (χ3v) is 8.02. The van der Waals surface area contributed by atoms with Crippen LogP contribution in [0.3, 0.4) is 0 Å². The summed E-state index contributed by atoms with van der Waals surface area (Å²) in [6.07, 6.45) is 1.63. The number of thioether (sulfide) groups is 1. The standard InChI is InChI=1S/C28H27N7O3S/c1-33(22-10-6-3-7-11-22)24-13-21(12-23-25(36)32-28(38)39-23)29-26(31-24)34-14-18-16-35(17-19(18)15-34)27(37)30-20-8-4-2-5-9-20/h2-13,18-19H,14-17H2,1H3,(H,30,37)(H,32,36,38). The number of likely N-dealkylation sites (tertiary alicyclic amines) is 1. The van der Waals surface area contributed by atoms with E-state index < -0.39 is 11.1 Å². The number of nitrogens with zero attached hydrogens (tertiary/aromatic N) is 5. The Morgan fingerprint density at radius 1 is 1.00 bits per heavy atom. The number of urea groups is 1. The Morgan fingerprint density at radius 2 is 1.67 bits per heavy atom. The first-order valence-corrected chi connectivity index (χ1v) is 13.5. The van der Waals surface area contributed by atoms with Gasteiger partial charge in [-0.15, -0.1) is 0 Å². The first-order valence-electron chi connectivity index (χ1n) is 12.7. The zero-order valence-corrected chi connectivity index (χ0v) is 22.1. The Balaban J connectivity index is 1.22. The number of hydrogen-bond donors (Lipinski definition) is 2. The fraction of sp³-hybridized carbons (Fsp3) is 0.250. The van der Waals surface area contributed by atoms with Crippen LogP contribution in [0.15, 0.2) is 71.6 Å². The summed E-state index contributed by atoms with van der Waals surface area (Å²) >= 11 is 0.865. The number of hydrogen-bond acceptors (Lipinski definition) is 8. The summed E-state index contributed by atoms with van der Waals surface area (Å²) in [4.78, 5) is 52.6. The van der Waals surface area contributed by atoms with E-state index in [0.717, 1.165) is 36.2 Å². The zero-order chi connectivity index (χ0) is 26.9. The lowest BCUT2D eigenvalue weighted by Crippen LogP contribution is -2.36. The van der Waals surface area contributed by atoms with E-state index in [1.165, 1.54) is 0 Å². The van der Waals surface area contributed by atoms with Crippen molar-refractivity contribution in [1.29, 1.82) is 0 Å². The van der Waals surface area contributed by atoms with Crippen molar-refractivity contribution in [2.45, 2.75) is 0 Å². The van der Waals surface area contributed by atoms with Crippen molar-refractivity contribution in [2.75, 3.05) is 48.3 Å². The Hall–Kier alpha value is -4.38. The van der Waals surface area contributed by atoms with Gasteiger partial charge in [-0.25, -0.2) is 9.78 Å². The Labute approximate surface area is 230 Å². The van der Waals surface area contributed by atoms with E-state index in [-0.39, 0.29) is 6.03 Å². The third-order valence-electron chi connectivity index (χ3n) is 7.21. The Kier molecular flexibility index (Phi) is 6.65. The van der Waals surface area contributed by atoms with E-state index in [1.807, 2.05) is 83.6 Å². The van der Waals surface area contributed by atoms with Crippen LogP contribution in [0.5, 0.6) is 0 Å². The number of carbonyl (C=O) groups excluding carboxylic acids is 3. The molecule has 11 heteroatoms. The number of nitrogens with one attached hydrogen (secondary N) is 2. The first-order chi connectivity index (χ1) is 18.9. The van der Waals surface area contributed by atoms with E-state index in [1.54, 1.807) is 6.08 Å². The molecule has 6 rings (SSSR count). The second-order valence-electron chi connectivity index (χ2n) is 9.82. The first kappa shape index (κ1) is 24.9. The van der Waals surface area contributed by atoms with Crippen molar-refractivity contribution in [3.05, 3.63) is 77.3 Å². The van der Waals surface area contributed by atoms with E-state index in [0.29, 0.717) is 47.3 Å². The van der Waals surface area contributed by atoms with Gasteiger partial charge in [0.25, 0.3) is 11.1 Å². The maximum atomic E-state index is 12.8. The van der Waals surface area contributed by atoms with Gasteiger partial charge < -0.3 is 20.0 Å². The molecule has 2 N–H and O–H groups in total. The number of fused-ring (bicyclic) bond motifs is 1. The fourth-order valence-electron chi connectivity index (χ4n) is 5.21. The molecule has 4 heterocycles. The number of carbonyl (C=O) groups is 3. The minimum absolute atomic E-state index is 0.0827. The topological polar surface area (TPSA) is 111 Å². The average molecular weight is 542 g/mol. The highest BCUT2D eigenvalue weighted by molar-refractivity contribution is 8.18. The number of imide groups is 1. The number of amides is 4. The Morgan fingerprint density at radius 3 is 2.31 bits per heavy atom. The summed E-state index contributed by atoms with van der Waals surface area (Å²) in [6.45, 7) is 2.78. The number of rotatable bonds is 5. The lowest BCUT2D eigenvalue weighted by atomic mass is 10.0. The molecule has 0 radical (unpaired) electrons. The largest absolute Gasteiger partial charge is 0.340 e. The molecule has 4 amide bonds. The van der Waals surface area contributed by atoms with Crippen LogP contribution in [0.4, 0.5) is 32.7 Å². The Bertz CT molecular complexity index is 1440. The molecular weight excluding hydrogens is 514 g/mol. The molecule has 39 heavy (non-hydrogen) atoms. The van der Waals surface area contributed by atoms with Gasteiger partial charge in [-0.05, 0) is 42.1 Å². The van der Waals surface area contributed by atoms with Crippen LogP contribution in [-0.4, -0.2) is 65.3 Å². The van der Waals surface area contributed by atoms with Crippen LogP contribution in [0.2, 0.25) is 0 Å². The predicted octanol–water partition coefficient (Wildman–Crippen LogP) is 4.17. The van der Waals surface area contributed by atoms with E-state index in [4.69, 9.17) is 9.97 Å². The lowest BCUT2D eigenvalue weighted by molar-refractivity contribution is -0.115. The van der Waals surface area contributed by atoms with Crippen LogP contribution in [0.25, 0.3) is 6.08 Å². The SMILES string of the molecule is CN(c1ccccc1)c1cc(C=C2SC(=O)NC2=O)nc(N2CC3CN(C(=O)Nc4ccccc4)CC3C2)n1. The summed E-state index contributed by atoms with van der Waals surface area (Å²) in [5.41, 5.74) is 2.29. The molecule has 198 valence electrons. The van der Waals surface area contributed by atoms with Gasteiger partial charge in [0.2, 0.25) is 5.95 Å². The van der Waals surface area contributed by atoms with E-state index in [2.05, 4.69) is 15.5 Å². The van der Waals surface area contributed by atoms with E-state index >= 15 is 0 Å². The van der Waals surface area contributed by atoms with Gasteiger partial charge in [-0.1, -0.05) is 36.4 Å². The molecule has 3 aliphatic heterocycles. The van der Waals surface area contributed by atoms with Crippen molar-refractivity contribution in [1.82, 2.24) is 20.2 Å². The molecule has 3 saturated heterocycles.